The predicted molar refractivity (Wildman–Crippen MR) is 56.6 cm³/mol. The topological polar surface area (TPSA) is 69.6 Å². The van der Waals surface area contributed by atoms with E-state index in [9.17, 15) is 8.42 Å². The van der Waals surface area contributed by atoms with Crippen LogP contribution in [-0.2, 0) is 10.0 Å². The minimum absolute atomic E-state index is 0.149. The van der Waals surface area contributed by atoms with Crippen LogP contribution in [0.3, 0.4) is 0 Å². The third-order valence-corrected chi connectivity index (χ3v) is 3.73. The predicted octanol–water partition coefficient (Wildman–Crippen LogP) is -0.763. The van der Waals surface area contributed by atoms with E-state index in [0.29, 0.717) is 6.54 Å². The van der Waals surface area contributed by atoms with E-state index < -0.39 is 15.3 Å². The van der Waals surface area contributed by atoms with Gasteiger partial charge in [0.15, 0.2) is 0 Å². The Hall–Kier alpha value is -0.170. The highest BCUT2D eigenvalue weighted by Crippen LogP contribution is 1.99. The molecule has 0 amide bonds. The Kier molecular flexibility index (Phi) is 5.58. The van der Waals surface area contributed by atoms with Gasteiger partial charge in [0.05, 0.1) is 11.9 Å². The number of hydrogen-bond donors (Lipinski definition) is 2. The Morgan fingerprint density at radius 2 is 1.86 bits per heavy atom. The molecule has 2 N–H and O–H groups in total. The van der Waals surface area contributed by atoms with E-state index in [1.807, 2.05) is 19.0 Å². The summed E-state index contributed by atoms with van der Waals surface area (Å²) in [6.07, 6.45) is 0. The highest BCUT2D eigenvalue weighted by Gasteiger charge is 2.21. The lowest BCUT2D eigenvalue weighted by Crippen LogP contribution is -2.44. The van der Waals surface area contributed by atoms with Crippen LogP contribution in [0.2, 0.25) is 0 Å². The van der Waals surface area contributed by atoms with E-state index >= 15 is 0 Å². The molecule has 5 nitrogen and oxygen atoms in total. The maximum Gasteiger partial charge on any atom is 0.216 e. The zero-order chi connectivity index (χ0) is 11.4. The largest absolute Gasteiger partial charge is 0.395 e. The van der Waals surface area contributed by atoms with Crippen molar-refractivity contribution in [2.75, 3.05) is 27.2 Å². The van der Waals surface area contributed by atoms with Gasteiger partial charge < -0.3 is 10.0 Å². The van der Waals surface area contributed by atoms with Crippen molar-refractivity contribution >= 4 is 10.0 Å². The average molecular weight is 224 g/mol. The highest BCUT2D eigenvalue weighted by molar-refractivity contribution is 7.90. The Bertz CT molecular complexity index is 251. The third-order valence-electron chi connectivity index (χ3n) is 1.79. The molecule has 0 aliphatic rings. The summed E-state index contributed by atoms with van der Waals surface area (Å²) >= 11 is 0. The molecule has 0 aromatic carbocycles. The van der Waals surface area contributed by atoms with Crippen LogP contribution in [0.4, 0.5) is 0 Å². The van der Waals surface area contributed by atoms with Crippen LogP contribution in [0, 0.1) is 0 Å². The molecule has 0 saturated heterocycles. The van der Waals surface area contributed by atoms with Crippen LogP contribution in [0.1, 0.15) is 13.8 Å². The van der Waals surface area contributed by atoms with Crippen LogP contribution in [0.15, 0.2) is 0 Å². The fraction of sp³-hybridized carbons (Fsp3) is 1.00. The van der Waals surface area contributed by atoms with Gasteiger partial charge in [-0.3, -0.25) is 0 Å². The summed E-state index contributed by atoms with van der Waals surface area (Å²) in [7, 11) is 0.369. The van der Waals surface area contributed by atoms with Gasteiger partial charge in [0.2, 0.25) is 10.0 Å². The molecule has 2 unspecified atom stereocenters. The van der Waals surface area contributed by atoms with Crippen LogP contribution in [0.25, 0.3) is 0 Å². The molecule has 0 aliphatic carbocycles. The second-order valence-corrected chi connectivity index (χ2v) is 5.95. The van der Waals surface area contributed by atoms with Gasteiger partial charge in [-0.15, -0.1) is 0 Å². The van der Waals surface area contributed by atoms with Crippen molar-refractivity contribution in [3.05, 3.63) is 0 Å². The number of rotatable bonds is 6. The summed E-state index contributed by atoms with van der Waals surface area (Å²) in [5.74, 6) is 0. The van der Waals surface area contributed by atoms with Gasteiger partial charge in [-0.05, 0) is 27.9 Å². The molecule has 6 heteroatoms. The molecular formula is C8H20N2O3S. The number of aliphatic hydroxyl groups excluding tert-OH is 1. The number of nitrogens with zero attached hydrogens (tertiary/aromatic N) is 1. The molecule has 0 fully saturated rings. The smallest absolute Gasteiger partial charge is 0.216 e. The van der Waals surface area contributed by atoms with Crippen molar-refractivity contribution in [3.63, 3.8) is 0 Å². The van der Waals surface area contributed by atoms with Crippen molar-refractivity contribution in [3.8, 4) is 0 Å². The van der Waals surface area contributed by atoms with Gasteiger partial charge in [-0.25, -0.2) is 13.1 Å². The molecule has 0 radical (unpaired) electrons. The molecule has 0 spiro atoms. The standard InChI is InChI=1S/C8H20N2O3S/c1-7(5-10(3)4)9-14(12,13)8(2)6-11/h7-9,11H,5-6H2,1-4H3. The average Bonchev–Trinajstić information content (AvgIpc) is 1.99. The SMILES string of the molecule is CC(CN(C)C)NS(=O)(=O)C(C)CO. The summed E-state index contributed by atoms with van der Waals surface area (Å²) in [6, 6.07) is -0.149. The number of likely N-dealkylation sites (N-methyl/N-ethyl adjacent to an activating group) is 1. The van der Waals surface area contributed by atoms with Crippen LogP contribution >= 0.6 is 0 Å². The molecule has 0 bridgehead atoms. The van der Waals surface area contributed by atoms with Gasteiger partial charge in [-0.2, -0.15) is 0 Å². The minimum Gasteiger partial charge on any atom is -0.395 e. The fourth-order valence-corrected chi connectivity index (χ4v) is 2.14. The summed E-state index contributed by atoms with van der Waals surface area (Å²) in [5.41, 5.74) is 0. The summed E-state index contributed by atoms with van der Waals surface area (Å²) < 4.78 is 25.4. The van der Waals surface area contributed by atoms with E-state index in [2.05, 4.69) is 4.72 Å². The van der Waals surface area contributed by atoms with E-state index in [1.165, 1.54) is 6.92 Å². The number of sulfonamides is 1. The Morgan fingerprint density at radius 1 is 1.36 bits per heavy atom. The van der Waals surface area contributed by atoms with E-state index in [1.54, 1.807) is 6.92 Å². The first kappa shape index (κ1) is 13.8. The molecule has 0 aliphatic heterocycles. The van der Waals surface area contributed by atoms with Crippen molar-refractivity contribution in [1.82, 2.24) is 9.62 Å². The monoisotopic (exact) mass is 224 g/mol. The van der Waals surface area contributed by atoms with Crippen LogP contribution in [0.5, 0.6) is 0 Å². The molecule has 14 heavy (non-hydrogen) atoms. The Morgan fingerprint density at radius 3 is 2.21 bits per heavy atom. The molecule has 0 heterocycles. The number of nitrogens with one attached hydrogen (secondary N) is 1. The second-order valence-electron chi connectivity index (χ2n) is 3.82. The Labute approximate surface area is 86.2 Å². The zero-order valence-electron chi connectivity index (χ0n) is 9.19. The van der Waals surface area contributed by atoms with Crippen LogP contribution < -0.4 is 4.72 Å². The summed E-state index contributed by atoms with van der Waals surface area (Å²) in [5, 5.41) is 7.98. The van der Waals surface area contributed by atoms with Crippen molar-refractivity contribution < 1.29 is 13.5 Å². The Balaban J connectivity index is 4.23. The van der Waals surface area contributed by atoms with Gasteiger partial charge in [0.1, 0.15) is 0 Å². The zero-order valence-corrected chi connectivity index (χ0v) is 10.0. The molecule has 0 saturated carbocycles. The maximum absolute atomic E-state index is 11.5. The second kappa shape index (κ2) is 5.65. The fourth-order valence-electron chi connectivity index (χ4n) is 1.08. The molecule has 86 valence electrons. The lowest BCUT2D eigenvalue weighted by Gasteiger charge is -2.20. The lowest BCUT2D eigenvalue weighted by molar-refractivity contribution is 0.293. The van der Waals surface area contributed by atoms with Gasteiger partial charge >= 0.3 is 0 Å². The van der Waals surface area contributed by atoms with Crippen molar-refractivity contribution in [2.45, 2.75) is 25.1 Å². The maximum atomic E-state index is 11.5. The quantitative estimate of drug-likeness (QED) is 0.622. The molecule has 0 rings (SSSR count). The summed E-state index contributed by atoms with van der Waals surface area (Å²) in [4.78, 5) is 1.90. The van der Waals surface area contributed by atoms with Crippen LogP contribution in [-0.4, -0.2) is 57.0 Å². The van der Waals surface area contributed by atoms with Crippen molar-refractivity contribution in [2.24, 2.45) is 0 Å². The minimum atomic E-state index is -3.38. The van der Waals surface area contributed by atoms with E-state index in [-0.39, 0.29) is 12.6 Å². The van der Waals surface area contributed by atoms with Gasteiger partial charge in [-0.1, -0.05) is 0 Å². The molecule has 2 atom stereocenters. The molecule has 0 aromatic heterocycles. The van der Waals surface area contributed by atoms with Gasteiger partial charge in [0, 0.05) is 12.6 Å². The third kappa shape index (κ3) is 4.90. The van der Waals surface area contributed by atoms with Gasteiger partial charge in [0.25, 0.3) is 0 Å². The number of aliphatic hydroxyl groups is 1. The highest BCUT2D eigenvalue weighted by atomic mass is 32.2. The lowest BCUT2D eigenvalue weighted by atomic mass is 10.3. The first-order chi connectivity index (χ1) is 6.29. The molecule has 0 aromatic rings. The first-order valence-electron chi connectivity index (χ1n) is 4.56. The normalized spacial score (nSPS) is 17.0. The summed E-state index contributed by atoms with van der Waals surface area (Å²) in [6.45, 7) is 3.55. The first-order valence-corrected chi connectivity index (χ1v) is 6.11. The van der Waals surface area contributed by atoms with Crippen molar-refractivity contribution in [1.29, 1.82) is 0 Å². The van der Waals surface area contributed by atoms with E-state index in [0.717, 1.165) is 0 Å². The molecular weight excluding hydrogens is 204 g/mol. The van der Waals surface area contributed by atoms with E-state index in [4.69, 9.17) is 5.11 Å². The number of hydrogen-bond acceptors (Lipinski definition) is 4.